The smallest absolute Gasteiger partial charge is 0.339 e. The Bertz CT molecular complexity index is 1000. The van der Waals surface area contributed by atoms with Crippen LogP contribution >= 0.6 is 11.6 Å². The molecule has 1 aliphatic rings. The molecule has 0 aromatic heterocycles. The molecule has 0 saturated heterocycles. The number of ether oxygens (including phenoxy) is 2. The molecule has 1 aliphatic carbocycles. The Morgan fingerprint density at radius 1 is 1.14 bits per heavy atom. The number of carbonyl (C=O) groups excluding carboxylic acids is 1. The van der Waals surface area contributed by atoms with Gasteiger partial charge in [0.25, 0.3) is 10.0 Å². The lowest BCUT2D eigenvalue weighted by atomic mass is 9.92. The van der Waals surface area contributed by atoms with E-state index in [2.05, 4.69) is 4.72 Å². The second-order valence-electron chi connectivity index (χ2n) is 6.50. The molecule has 0 spiro atoms. The van der Waals surface area contributed by atoms with Crippen LogP contribution in [0.25, 0.3) is 0 Å². The van der Waals surface area contributed by atoms with Crippen molar-refractivity contribution in [3.8, 4) is 5.75 Å². The minimum absolute atomic E-state index is 0.0845. The van der Waals surface area contributed by atoms with Gasteiger partial charge in [0, 0.05) is 0 Å². The Morgan fingerprint density at radius 2 is 1.82 bits per heavy atom. The highest BCUT2D eigenvalue weighted by Crippen LogP contribution is 2.33. The molecule has 1 N–H and O–H groups in total. The average Bonchev–Trinajstić information content (AvgIpc) is 2.66. The van der Waals surface area contributed by atoms with Crippen molar-refractivity contribution in [3.05, 3.63) is 52.0 Å². The van der Waals surface area contributed by atoms with Gasteiger partial charge in [-0.15, -0.1) is 0 Å². The first-order valence-electron chi connectivity index (χ1n) is 9.05. The maximum Gasteiger partial charge on any atom is 0.339 e. The predicted octanol–water partition coefficient (Wildman–Crippen LogP) is 4.20. The summed E-state index contributed by atoms with van der Waals surface area (Å²) in [6, 6.07) is 7.78. The highest BCUT2D eigenvalue weighted by molar-refractivity contribution is 7.92. The molecule has 0 amide bonds. The van der Waals surface area contributed by atoms with Crippen LogP contribution in [-0.4, -0.2) is 28.1 Å². The predicted molar refractivity (Wildman–Crippen MR) is 108 cm³/mol. The Labute approximate surface area is 169 Å². The first kappa shape index (κ1) is 20.5. The number of methoxy groups -OCH3 is 1. The number of hydrogen-bond donors (Lipinski definition) is 1. The van der Waals surface area contributed by atoms with E-state index in [0.29, 0.717) is 5.75 Å². The van der Waals surface area contributed by atoms with Crippen LogP contribution in [0.15, 0.2) is 35.2 Å². The molecule has 28 heavy (non-hydrogen) atoms. The maximum atomic E-state index is 13.0. The number of nitrogens with one attached hydrogen (secondary N) is 1. The highest BCUT2D eigenvalue weighted by atomic mass is 35.5. The quantitative estimate of drug-likeness (QED) is 0.704. The van der Waals surface area contributed by atoms with E-state index in [1.165, 1.54) is 25.3 Å². The van der Waals surface area contributed by atoms with E-state index >= 15 is 0 Å². The number of rotatable bonds is 6. The summed E-state index contributed by atoms with van der Waals surface area (Å²) in [5, 5.41) is 0.107. The molecule has 8 heteroatoms. The van der Waals surface area contributed by atoms with Gasteiger partial charge in [-0.3, -0.25) is 4.72 Å². The number of anilines is 1. The van der Waals surface area contributed by atoms with E-state index in [-0.39, 0.29) is 27.8 Å². The molecule has 6 nitrogen and oxygen atoms in total. The van der Waals surface area contributed by atoms with Crippen molar-refractivity contribution in [1.82, 2.24) is 0 Å². The van der Waals surface area contributed by atoms with Crippen LogP contribution in [0.5, 0.6) is 5.75 Å². The second-order valence-corrected chi connectivity index (χ2v) is 8.56. The molecule has 0 fully saturated rings. The largest absolute Gasteiger partial charge is 0.495 e. The van der Waals surface area contributed by atoms with Gasteiger partial charge in [-0.05, 0) is 74.1 Å². The lowest BCUT2D eigenvalue weighted by molar-refractivity contribution is 0.0526. The molecule has 0 radical (unpaired) electrons. The highest BCUT2D eigenvalue weighted by Gasteiger charge is 2.24. The number of carbonyl (C=O) groups is 1. The van der Waals surface area contributed by atoms with Crippen LogP contribution in [0.2, 0.25) is 5.02 Å². The first-order valence-corrected chi connectivity index (χ1v) is 10.9. The van der Waals surface area contributed by atoms with Crippen molar-refractivity contribution >= 4 is 33.3 Å². The van der Waals surface area contributed by atoms with Gasteiger partial charge < -0.3 is 9.47 Å². The maximum absolute atomic E-state index is 13.0. The van der Waals surface area contributed by atoms with Crippen molar-refractivity contribution < 1.29 is 22.7 Å². The van der Waals surface area contributed by atoms with Gasteiger partial charge in [0.2, 0.25) is 0 Å². The zero-order valence-electron chi connectivity index (χ0n) is 15.7. The van der Waals surface area contributed by atoms with E-state index in [1.54, 1.807) is 19.1 Å². The number of hydrogen-bond acceptors (Lipinski definition) is 5. The van der Waals surface area contributed by atoms with Gasteiger partial charge in [-0.2, -0.15) is 0 Å². The number of aryl methyl sites for hydroxylation is 2. The average molecular weight is 424 g/mol. The summed E-state index contributed by atoms with van der Waals surface area (Å²) in [4.78, 5) is 11.9. The van der Waals surface area contributed by atoms with Crippen molar-refractivity contribution in [2.45, 2.75) is 37.5 Å². The minimum Gasteiger partial charge on any atom is -0.495 e. The minimum atomic E-state index is -3.90. The summed E-state index contributed by atoms with van der Waals surface area (Å²) in [7, 11) is -2.45. The third kappa shape index (κ3) is 4.25. The van der Waals surface area contributed by atoms with Crippen LogP contribution in [0.3, 0.4) is 0 Å². The van der Waals surface area contributed by atoms with Crippen molar-refractivity contribution in [3.63, 3.8) is 0 Å². The lowest BCUT2D eigenvalue weighted by Crippen LogP contribution is -2.16. The first-order chi connectivity index (χ1) is 13.4. The monoisotopic (exact) mass is 423 g/mol. The Morgan fingerprint density at radius 3 is 2.43 bits per heavy atom. The van der Waals surface area contributed by atoms with E-state index in [1.807, 2.05) is 0 Å². The fraction of sp³-hybridized carbons (Fsp3) is 0.350. The summed E-state index contributed by atoms with van der Waals surface area (Å²) in [5.74, 6) is -0.249. The van der Waals surface area contributed by atoms with Crippen LogP contribution < -0.4 is 9.46 Å². The summed E-state index contributed by atoms with van der Waals surface area (Å²) >= 11 is 6.13. The molecule has 0 saturated carbocycles. The number of benzene rings is 2. The van der Waals surface area contributed by atoms with Gasteiger partial charge in [0.1, 0.15) is 10.6 Å². The van der Waals surface area contributed by atoms with Gasteiger partial charge in [-0.1, -0.05) is 11.6 Å². The molecule has 150 valence electrons. The molecule has 0 atom stereocenters. The Balaban J connectivity index is 1.92. The second kappa shape index (κ2) is 8.41. The van der Waals surface area contributed by atoms with Gasteiger partial charge >= 0.3 is 5.97 Å². The summed E-state index contributed by atoms with van der Waals surface area (Å²) < 4.78 is 38.7. The van der Waals surface area contributed by atoms with E-state index < -0.39 is 16.0 Å². The molecule has 0 aliphatic heterocycles. The fourth-order valence-corrected chi connectivity index (χ4v) is 4.78. The van der Waals surface area contributed by atoms with Crippen molar-refractivity contribution in [2.24, 2.45) is 0 Å². The van der Waals surface area contributed by atoms with E-state index in [0.717, 1.165) is 36.8 Å². The van der Waals surface area contributed by atoms with Crippen LogP contribution in [0.1, 0.15) is 41.3 Å². The Hall–Kier alpha value is -2.25. The SMILES string of the molecule is CCOC(=O)c1ccc(NS(=O)(=O)c2cc3c(cc2OC)CCCC3)cc1Cl. The molecule has 2 aromatic rings. The van der Waals surface area contributed by atoms with Crippen LogP contribution in [0, 0.1) is 0 Å². The van der Waals surface area contributed by atoms with Crippen molar-refractivity contribution in [1.29, 1.82) is 0 Å². The topological polar surface area (TPSA) is 81.7 Å². The number of halogens is 1. The molecule has 0 heterocycles. The number of sulfonamides is 1. The molecule has 0 bridgehead atoms. The lowest BCUT2D eigenvalue weighted by Gasteiger charge is -2.19. The fourth-order valence-electron chi connectivity index (χ4n) is 3.27. The zero-order chi connectivity index (χ0) is 20.3. The Kier molecular flexibility index (Phi) is 6.15. The summed E-state index contributed by atoms with van der Waals surface area (Å²) in [6.07, 6.45) is 3.90. The third-order valence-corrected chi connectivity index (χ3v) is 6.35. The zero-order valence-corrected chi connectivity index (χ0v) is 17.3. The van der Waals surface area contributed by atoms with Crippen LogP contribution in [-0.2, 0) is 27.6 Å². The number of fused-ring (bicyclic) bond motifs is 1. The third-order valence-electron chi connectivity index (χ3n) is 4.63. The summed E-state index contributed by atoms with van der Waals surface area (Å²) in [5.41, 5.74) is 2.59. The number of esters is 1. The van der Waals surface area contributed by atoms with E-state index in [4.69, 9.17) is 21.1 Å². The van der Waals surface area contributed by atoms with Crippen molar-refractivity contribution in [2.75, 3.05) is 18.4 Å². The van der Waals surface area contributed by atoms with Crippen LogP contribution in [0.4, 0.5) is 5.69 Å². The van der Waals surface area contributed by atoms with Gasteiger partial charge in [0.15, 0.2) is 0 Å². The van der Waals surface area contributed by atoms with Gasteiger partial charge in [-0.25, -0.2) is 13.2 Å². The molecular formula is C20H22ClNO5S. The molecular weight excluding hydrogens is 402 g/mol. The normalized spacial score (nSPS) is 13.5. The standard InChI is InChI=1S/C20H22ClNO5S/c1-3-27-20(23)16-9-8-15(12-17(16)21)22-28(24,25)19-11-14-7-5-4-6-13(14)10-18(19)26-2/h8-12,22H,3-7H2,1-2H3. The van der Waals surface area contributed by atoms with E-state index in [9.17, 15) is 13.2 Å². The molecule has 0 unspecified atom stereocenters. The summed E-state index contributed by atoms with van der Waals surface area (Å²) in [6.45, 7) is 1.92. The molecule has 3 rings (SSSR count). The molecule has 2 aromatic carbocycles. The van der Waals surface area contributed by atoms with Gasteiger partial charge in [0.05, 0.1) is 30.0 Å².